The number of nitrogens with zero attached hydrogens (tertiary/aromatic N) is 1. The van der Waals surface area contributed by atoms with Crippen LogP contribution in [0.3, 0.4) is 0 Å². The number of carbonyl (C=O) groups excluding carboxylic acids is 1. The average molecular weight is 435 g/mol. The Morgan fingerprint density at radius 1 is 1.21 bits per heavy atom. The van der Waals surface area contributed by atoms with Gasteiger partial charge in [0.05, 0.1) is 16.8 Å². The van der Waals surface area contributed by atoms with E-state index in [2.05, 4.69) is 10.3 Å². The summed E-state index contributed by atoms with van der Waals surface area (Å²) in [4.78, 5) is 17.2. The van der Waals surface area contributed by atoms with Gasteiger partial charge in [0.25, 0.3) is 5.91 Å². The SMILES string of the molecule is O=C(NC[C@H]1CCCO1)c1cc2cc(Cl)ccc2oc1=Nc1ccc(F)cc1Cl. The van der Waals surface area contributed by atoms with Gasteiger partial charge in [-0.25, -0.2) is 9.38 Å². The summed E-state index contributed by atoms with van der Waals surface area (Å²) in [6.07, 6.45) is 1.88. The summed E-state index contributed by atoms with van der Waals surface area (Å²) >= 11 is 12.2. The van der Waals surface area contributed by atoms with Crippen LogP contribution in [0.5, 0.6) is 0 Å². The van der Waals surface area contributed by atoms with Crippen LogP contribution in [-0.2, 0) is 4.74 Å². The quantitative estimate of drug-likeness (QED) is 0.626. The van der Waals surface area contributed by atoms with E-state index in [1.54, 1.807) is 24.3 Å². The van der Waals surface area contributed by atoms with Crippen molar-refractivity contribution in [2.24, 2.45) is 4.99 Å². The van der Waals surface area contributed by atoms with Crippen molar-refractivity contribution in [2.75, 3.05) is 13.2 Å². The van der Waals surface area contributed by atoms with Crippen LogP contribution in [-0.4, -0.2) is 25.2 Å². The number of hydrogen-bond donors (Lipinski definition) is 1. The first-order valence-electron chi connectivity index (χ1n) is 9.12. The molecule has 2 heterocycles. The molecule has 0 aliphatic carbocycles. The van der Waals surface area contributed by atoms with Crippen LogP contribution in [0.2, 0.25) is 10.0 Å². The highest BCUT2D eigenvalue weighted by molar-refractivity contribution is 6.33. The number of fused-ring (bicyclic) bond motifs is 1. The fraction of sp³-hybridized carbons (Fsp3) is 0.238. The third-order valence-electron chi connectivity index (χ3n) is 4.60. The molecular weight excluding hydrogens is 418 g/mol. The second-order valence-corrected chi connectivity index (χ2v) is 7.54. The molecule has 1 fully saturated rings. The largest absolute Gasteiger partial charge is 0.438 e. The van der Waals surface area contributed by atoms with E-state index in [-0.39, 0.29) is 28.2 Å². The number of benzene rings is 2. The highest BCUT2D eigenvalue weighted by atomic mass is 35.5. The lowest BCUT2D eigenvalue weighted by Crippen LogP contribution is -2.34. The van der Waals surface area contributed by atoms with Crippen LogP contribution in [0.1, 0.15) is 23.2 Å². The summed E-state index contributed by atoms with van der Waals surface area (Å²) in [7, 11) is 0. The van der Waals surface area contributed by atoms with Gasteiger partial charge in [-0.2, -0.15) is 0 Å². The monoisotopic (exact) mass is 434 g/mol. The lowest BCUT2D eigenvalue weighted by atomic mass is 10.1. The molecule has 1 saturated heterocycles. The van der Waals surface area contributed by atoms with Crippen LogP contribution in [0.15, 0.2) is 51.9 Å². The summed E-state index contributed by atoms with van der Waals surface area (Å²) in [5.41, 5.74) is 1.08. The maximum Gasteiger partial charge on any atom is 0.256 e. The minimum atomic E-state index is -0.478. The average Bonchev–Trinajstić information content (AvgIpc) is 3.21. The van der Waals surface area contributed by atoms with E-state index in [0.29, 0.717) is 34.8 Å². The first kappa shape index (κ1) is 19.9. The molecule has 0 bridgehead atoms. The molecule has 1 aromatic heterocycles. The van der Waals surface area contributed by atoms with Crippen LogP contribution in [0.25, 0.3) is 11.0 Å². The van der Waals surface area contributed by atoms with Gasteiger partial charge in [-0.1, -0.05) is 23.2 Å². The van der Waals surface area contributed by atoms with Crippen molar-refractivity contribution in [2.45, 2.75) is 18.9 Å². The van der Waals surface area contributed by atoms with Gasteiger partial charge in [-0.05, 0) is 55.3 Å². The lowest BCUT2D eigenvalue weighted by molar-refractivity contribution is 0.0854. The molecule has 150 valence electrons. The molecule has 0 saturated carbocycles. The molecule has 0 radical (unpaired) electrons. The van der Waals surface area contributed by atoms with Gasteiger partial charge < -0.3 is 14.5 Å². The Labute approximate surface area is 176 Å². The van der Waals surface area contributed by atoms with Gasteiger partial charge in [0, 0.05) is 23.6 Å². The minimum absolute atomic E-state index is 0.00211. The van der Waals surface area contributed by atoms with Gasteiger partial charge in [0.2, 0.25) is 5.55 Å². The van der Waals surface area contributed by atoms with Crippen LogP contribution in [0, 0.1) is 5.82 Å². The van der Waals surface area contributed by atoms with Crippen molar-refractivity contribution in [3.63, 3.8) is 0 Å². The van der Waals surface area contributed by atoms with Crippen molar-refractivity contribution < 1.29 is 18.3 Å². The van der Waals surface area contributed by atoms with Crippen LogP contribution < -0.4 is 10.9 Å². The Morgan fingerprint density at radius 3 is 2.83 bits per heavy atom. The first-order valence-corrected chi connectivity index (χ1v) is 9.88. The maximum atomic E-state index is 13.4. The van der Waals surface area contributed by atoms with E-state index in [1.165, 1.54) is 12.1 Å². The molecule has 1 N–H and O–H groups in total. The zero-order chi connectivity index (χ0) is 20.4. The second kappa shape index (κ2) is 8.53. The predicted molar refractivity (Wildman–Crippen MR) is 109 cm³/mol. The summed E-state index contributed by atoms with van der Waals surface area (Å²) < 4.78 is 24.8. The van der Waals surface area contributed by atoms with Gasteiger partial charge >= 0.3 is 0 Å². The van der Waals surface area contributed by atoms with E-state index >= 15 is 0 Å². The van der Waals surface area contributed by atoms with Gasteiger partial charge in [-0.3, -0.25) is 4.79 Å². The Bertz CT molecular complexity index is 1140. The number of ether oxygens (including phenoxy) is 1. The fourth-order valence-corrected chi connectivity index (χ4v) is 3.53. The predicted octanol–water partition coefficient (Wildman–Crippen LogP) is 5.02. The summed E-state index contributed by atoms with van der Waals surface area (Å²) in [5.74, 6) is -0.836. The van der Waals surface area contributed by atoms with Gasteiger partial charge in [-0.15, -0.1) is 0 Å². The van der Waals surface area contributed by atoms with E-state index in [1.807, 2.05) is 0 Å². The van der Waals surface area contributed by atoms with Crippen molar-refractivity contribution in [3.8, 4) is 0 Å². The summed E-state index contributed by atoms with van der Waals surface area (Å²) in [5, 5.41) is 4.15. The van der Waals surface area contributed by atoms with Crippen molar-refractivity contribution in [1.82, 2.24) is 5.32 Å². The molecule has 1 aliphatic heterocycles. The van der Waals surface area contributed by atoms with Gasteiger partial charge in [0.1, 0.15) is 17.0 Å². The zero-order valence-corrected chi connectivity index (χ0v) is 16.8. The number of carbonyl (C=O) groups is 1. The molecule has 29 heavy (non-hydrogen) atoms. The molecule has 4 rings (SSSR count). The standard InChI is InChI=1S/C21H17Cl2FN2O3/c22-13-3-6-19-12(8-13)9-16(20(27)25-11-15-2-1-7-28-15)21(29-19)26-18-5-4-14(24)10-17(18)23/h3-6,8-10,15H,1-2,7,11H2,(H,25,27)/t15-/m1/s1. The topological polar surface area (TPSA) is 63.8 Å². The third-order valence-corrected chi connectivity index (χ3v) is 5.14. The second-order valence-electron chi connectivity index (χ2n) is 6.70. The molecule has 5 nitrogen and oxygen atoms in total. The Balaban J connectivity index is 1.78. The summed E-state index contributed by atoms with van der Waals surface area (Å²) in [6.45, 7) is 1.09. The smallest absolute Gasteiger partial charge is 0.256 e. The molecule has 8 heteroatoms. The summed E-state index contributed by atoms with van der Waals surface area (Å²) in [6, 6.07) is 10.5. The number of hydrogen-bond acceptors (Lipinski definition) is 4. The Kier molecular flexibility index (Phi) is 5.85. The van der Waals surface area contributed by atoms with Crippen LogP contribution >= 0.6 is 23.2 Å². The molecule has 0 spiro atoms. The molecule has 3 aromatic rings. The fourth-order valence-electron chi connectivity index (χ4n) is 3.14. The third kappa shape index (κ3) is 4.61. The van der Waals surface area contributed by atoms with Crippen molar-refractivity contribution in [3.05, 3.63) is 69.4 Å². The van der Waals surface area contributed by atoms with E-state index in [9.17, 15) is 9.18 Å². The van der Waals surface area contributed by atoms with Crippen molar-refractivity contribution in [1.29, 1.82) is 0 Å². The van der Waals surface area contributed by atoms with Crippen molar-refractivity contribution >= 4 is 45.8 Å². The number of nitrogens with one attached hydrogen (secondary N) is 1. The number of rotatable bonds is 4. The molecule has 1 amide bonds. The normalized spacial score (nSPS) is 17.1. The van der Waals surface area contributed by atoms with E-state index in [0.717, 1.165) is 18.9 Å². The highest BCUT2D eigenvalue weighted by Gasteiger charge is 2.19. The number of halogens is 3. The Hall–Kier alpha value is -2.41. The van der Waals surface area contributed by atoms with E-state index in [4.69, 9.17) is 32.4 Å². The molecule has 1 atom stereocenters. The molecule has 0 unspecified atom stereocenters. The van der Waals surface area contributed by atoms with Crippen LogP contribution in [0.4, 0.5) is 10.1 Å². The molecule has 2 aromatic carbocycles. The van der Waals surface area contributed by atoms with Gasteiger partial charge in [0.15, 0.2) is 0 Å². The first-order chi connectivity index (χ1) is 14.0. The molecule has 1 aliphatic rings. The minimum Gasteiger partial charge on any atom is -0.438 e. The highest BCUT2D eigenvalue weighted by Crippen LogP contribution is 2.25. The lowest BCUT2D eigenvalue weighted by Gasteiger charge is -2.11. The number of amides is 1. The zero-order valence-electron chi connectivity index (χ0n) is 15.3. The Morgan fingerprint density at radius 2 is 2.07 bits per heavy atom. The maximum absolute atomic E-state index is 13.4. The van der Waals surface area contributed by atoms with E-state index < -0.39 is 5.82 Å². The molecular formula is C21H17Cl2FN2O3.